The predicted molar refractivity (Wildman–Crippen MR) is 55.8 cm³/mol. The van der Waals surface area contributed by atoms with E-state index in [2.05, 4.69) is 4.98 Å². The first-order valence-electron chi connectivity index (χ1n) is 5.00. The van der Waals surface area contributed by atoms with E-state index in [0.29, 0.717) is 6.04 Å². The Balaban J connectivity index is 1.87. The van der Waals surface area contributed by atoms with Crippen LogP contribution in [-0.2, 0) is 6.42 Å². The predicted octanol–water partition coefficient (Wildman–Crippen LogP) is 2.20. The van der Waals surface area contributed by atoms with E-state index in [9.17, 15) is 0 Å². The molecule has 1 heterocycles. The molecule has 1 saturated carbocycles. The third-order valence-electron chi connectivity index (χ3n) is 2.90. The van der Waals surface area contributed by atoms with Gasteiger partial charge in [0.25, 0.3) is 0 Å². The van der Waals surface area contributed by atoms with Crippen LogP contribution in [0, 0.1) is 5.92 Å². The molecule has 1 unspecified atom stereocenters. The lowest BCUT2D eigenvalue weighted by Crippen LogP contribution is -2.30. The van der Waals surface area contributed by atoms with Crippen LogP contribution in [-0.4, -0.2) is 11.0 Å². The molecule has 13 heavy (non-hydrogen) atoms. The zero-order chi connectivity index (χ0) is 9.10. The number of thiazole rings is 1. The Bertz CT molecular complexity index is 239. The monoisotopic (exact) mass is 196 g/mol. The topological polar surface area (TPSA) is 38.9 Å². The molecule has 0 amide bonds. The molecule has 72 valence electrons. The fourth-order valence-corrected chi connectivity index (χ4v) is 2.80. The molecule has 0 spiro atoms. The lowest BCUT2D eigenvalue weighted by atomic mass is 9.97. The molecule has 0 bridgehead atoms. The summed E-state index contributed by atoms with van der Waals surface area (Å²) in [5, 5.41) is 3.22. The number of hydrogen-bond acceptors (Lipinski definition) is 3. The molecular weight excluding hydrogens is 180 g/mol. The van der Waals surface area contributed by atoms with Crippen molar-refractivity contribution in [3.63, 3.8) is 0 Å². The van der Waals surface area contributed by atoms with E-state index in [1.165, 1.54) is 30.7 Å². The van der Waals surface area contributed by atoms with E-state index < -0.39 is 0 Å². The zero-order valence-electron chi connectivity index (χ0n) is 7.78. The normalized spacial score (nSPS) is 20.7. The summed E-state index contributed by atoms with van der Waals surface area (Å²) >= 11 is 1.72. The van der Waals surface area contributed by atoms with Gasteiger partial charge in [-0.15, -0.1) is 11.3 Å². The second-order valence-corrected chi connectivity index (χ2v) is 4.82. The van der Waals surface area contributed by atoms with Crippen molar-refractivity contribution in [3.05, 3.63) is 16.6 Å². The number of aromatic nitrogens is 1. The number of nitrogens with zero attached hydrogens (tertiary/aromatic N) is 1. The maximum atomic E-state index is 6.14. The molecule has 1 atom stereocenters. The van der Waals surface area contributed by atoms with Crippen molar-refractivity contribution in [2.24, 2.45) is 11.7 Å². The molecule has 0 aromatic carbocycles. The number of hydrogen-bond donors (Lipinski definition) is 1. The van der Waals surface area contributed by atoms with Gasteiger partial charge in [0, 0.05) is 24.0 Å². The summed E-state index contributed by atoms with van der Waals surface area (Å²) in [5.74, 6) is 0.754. The molecule has 0 saturated heterocycles. The Hall–Kier alpha value is -0.410. The minimum absolute atomic E-state index is 0.341. The van der Waals surface area contributed by atoms with Crippen LogP contribution in [0.15, 0.2) is 11.6 Å². The van der Waals surface area contributed by atoms with Crippen molar-refractivity contribution in [1.29, 1.82) is 0 Å². The Morgan fingerprint density at radius 3 is 2.92 bits per heavy atom. The standard InChI is InChI=1S/C10H16N2S/c11-9(8-3-1-2-4-8)7-10-12-5-6-13-10/h5-6,8-9H,1-4,7,11H2. The van der Waals surface area contributed by atoms with Crippen LogP contribution >= 0.6 is 11.3 Å². The molecule has 2 nitrogen and oxygen atoms in total. The Morgan fingerprint density at radius 1 is 1.54 bits per heavy atom. The molecule has 1 aliphatic carbocycles. The molecule has 0 aliphatic heterocycles. The van der Waals surface area contributed by atoms with Gasteiger partial charge in [-0.05, 0) is 18.8 Å². The first-order chi connectivity index (χ1) is 6.36. The maximum absolute atomic E-state index is 6.14. The van der Waals surface area contributed by atoms with E-state index in [1.54, 1.807) is 11.3 Å². The van der Waals surface area contributed by atoms with Gasteiger partial charge < -0.3 is 5.73 Å². The minimum atomic E-state index is 0.341. The van der Waals surface area contributed by atoms with Crippen molar-refractivity contribution < 1.29 is 0 Å². The molecule has 1 fully saturated rings. The van der Waals surface area contributed by atoms with Crippen LogP contribution in [0.5, 0.6) is 0 Å². The van der Waals surface area contributed by atoms with E-state index in [0.717, 1.165) is 12.3 Å². The largest absolute Gasteiger partial charge is 0.327 e. The van der Waals surface area contributed by atoms with Gasteiger partial charge in [0.2, 0.25) is 0 Å². The highest BCUT2D eigenvalue weighted by Crippen LogP contribution is 2.28. The summed E-state index contributed by atoms with van der Waals surface area (Å²) in [6.07, 6.45) is 8.23. The molecular formula is C10H16N2S. The minimum Gasteiger partial charge on any atom is -0.327 e. The number of rotatable bonds is 3. The maximum Gasteiger partial charge on any atom is 0.0940 e. The van der Waals surface area contributed by atoms with Crippen LogP contribution in [0.25, 0.3) is 0 Å². The van der Waals surface area contributed by atoms with Gasteiger partial charge in [-0.1, -0.05) is 12.8 Å². The van der Waals surface area contributed by atoms with Crippen LogP contribution in [0.1, 0.15) is 30.7 Å². The Labute approximate surface area is 83.2 Å². The second-order valence-electron chi connectivity index (χ2n) is 3.84. The molecule has 3 heteroatoms. The van der Waals surface area contributed by atoms with Crippen molar-refractivity contribution in [1.82, 2.24) is 4.98 Å². The van der Waals surface area contributed by atoms with Crippen molar-refractivity contribution in [3.8, 4) is 0 Å². The summed E-state index contributed by atoms with van der Waals surface area (Å²) < 4.78 is 0. The fourth-order valence-electron chi connectivity index (χ4n) is 2.11. The zero-order valence-corrected chi connectivity index (χ0v) is 8.59. The summed E-state index contributed by atoms with van der Waals surface area (Å²) in [6, 6.07) is 0.341. The number of nitrogens with two attached hydrogens (primary N) is 1. The van der Waals surface area contributed by atoms with E-state index >= 15 is 0 Å². The van der Waals surface area contributed by atoms with E-state index in [1.807, 2.05) is 11.6 Å². The molecule has 1 aliphatic rings. The highest BCUT2D eigenvalue weighted by atomic mass is 32.1. The summed E-state index contributed by atoms with van der Waals surface area (Å²) in [7, 11) is 0. The third kappa shape index (κ3) is 2.29. The van der Waals surface area contributed by atoms with Crippen molar-refractivity contribution in [2.75, 3.05) is 0 Å². The van der Waals surface area contributed by atoms with Gasteiger partial charge in [-0.25, -0.2) is 4.98 Å². The third-order valence-corrected chi connectivity index (χ3v) is 3.70. The lowest BCUT2D eigenvalue weighted by Gasteiger charge is -2.16. The van der Waals surface area contributed by atoms with Gasteiger partial charge >= 0.3 is 0 Å². The molecule has 0 radical (unpaired) electrons. The average Bonchev–Trinajstić information content (AvgIpc) is 2.74. The van der Waals surface area contributed by atoms with E-state index in [4.69, 9.17) is 5.73 Å². The fraction of sp³-hybridized carbons (Fsp3) is 0.700. The lowest BCUT2D eigenvalue weighted by molar-refractivity contribution is 0.429. The van der Waals surface area contributed by atoms with Crippen molar-refractivity contribution in [2.45, 2.75) is 38.1 Å². The van der Waals surface area contributed by atoms with Crippen LogP contribution in [0.3, 0.4) is 0 Å². The average molecular weight is 196 g/mol. The second kappa shape index (κ2) is 4.20. The van der Waals surface area contributed by atoms with Crippen LogP contribution in [0.2, 0.25) is 0 Å². The quantitative estimate of drug-likeness (QED) is 0.805. The Morgan fingerprint density at radius 2 is 2.31 bits per heavy atom. The van der Waals surface area contributed by atoms with Gasteiger partial charge in [0.1, 0.15) is 0 Å². The summed E-state index contributed by atoms with van der Waals surface area (Å²) in [4.78, 5) is 4.27. The van der Waals surface area contributed by atoms with Gasteiger partial charge in [0.15, 0.2) is 0 Å². The molecule has 1 aromatic heterocycles. The van der Waals surface area contributed by atoms with Gasteiger partial charge in [-0.3, -0.25) is 0 Å². The van der Waals surface area contributed by atoms with Crippen molar-refractivity contribution >= 4 is 11.3 Å². The highest BCUT2D eigenvalue weighted by molar-refractivity contribution is 7.09. The highest BCUT2D eigenvalue weighted by Gasteiger charge is 2.22. The van der Waals surface area contributed by atoms with Gasteiger partial charge in [0.05, 0.1) is 5.01 Å². The Kier molecular flexibility index (Phi) is 2.96. The first kappa shape index (κ1) is 9.16. The van der Waals surface area contributed by atoms with E-state index in [-0.39, 0.29) is 0 Å². The van der Waals surface area contributed by atoms with Crippen LogP contribution < -0.4 is 5.73 Å². The molecule has 2 rings (SSSR count). The molecule has 2 N–H and O–H groups in total. The van der Waals surface area contributed by atoms with Gasteiger partial charge in [-0.2, -0.15) is 0 Å². The summed E-state index contributed by atoms with van der Waals surface area (Å²) in [6.45, 7) is 0. The SMILES string of the molecule is NC(Cc1nccs1)C1CCCC1. The first-order valence-corrected chi connectivity index (χ1v) is 5.88. The summed E-state index contributed by atoms with van der Waals surface area (Å²) in [5.41, 5.74) is 6.14. The van der Waals surface area contributed by atoms with Crippen LogP contribution in [0.4, 0.5) is 0 Å². The molecule has 1 aromatic rings. The smallest absolute Gasteiger partial charge is 0.0940 e.